The average molecular weight is 276 g/mol. The minimum atomic E-state index is 0.144. The second kappa shape index (κ2) is 6.66. The Bertz CT molecular complexity index is 404. The van der Waals surface area contributed by atoms with Gasteiger partial charge in [0.05, 0.1) is 12.2 Å². The molecule has 20 heavy (non-hydrogen) atoms. The first-order valence-electron chi connectivity index (χ1n) is 7.70. The third-order valence-corrected chi connectivity index (χ3v) is 4.68. The number of ether oxygens (including phenoxy) is 2. The summed E-state index contributed by atoms with van der Waals surface area (Å²) in [5.74, 6) is 0.669. The SMILES string of the molecule is c1cc(COCCC2CCOC23CCNCC3)ccn1. The highest BCUT2D eigenvalue weighted by Gasteiger charge is 2.44. The van der Waals surface area contributed by atoms with Crippen LogP contribution in [0.15, 0.2) is 24.5 Å². The maximum Gasteiger partial charge on any atom is 0.0736 e. The Balaban J connectivity index is 1.43. The topological polar surface area (TPSA) is 43.4 Å². The van der Waals surface area contributed by atoms with E-state index >= 15 is 0 Å². The summed E-state index contributed by atoms with van der Waals surface area (Å²) in [7, 11) is 0. The molecule has 1 unspecified atom stereocenters. The standard InChI is InChI=1S/C16H24N2O2/c1-7-17-8-2-14(1)13-19-11-3-15-4-12-20-16(15)5-9-18-10-6-16/h1-2,7-8,15,18H,3-6,9-13H2. The minimum absolute atomic E-state index is 0.144. The van der Waals surface area contributed by atoms with Gasteiger partial charge >= 0.3 is 0 Å². The van der Waals surface area contributed by atoms with Crippen molar-refractivity contribution in [2.24, 2.45) is 5.92 Å². The molecule has 1 aromatic rings. The molecule has 1 atom stereocenters. The molecule has 2 aliphatic rings. The van der Waals surface area contributed by atoms with Crippen LogP contribution in [0.4, 0.5) is 0 Å². The highest BCUT2D eigenvalue weighted by atomic mass is 16.5. The second-order valence-electron chi connectivity index (χ2n) is 5.85. The van der Waals surface area contributed by atoms with Crippen LogP contribution in [0.3, 0.4) is 0 Å². The monoisotopic (exact) mass is 276 g/mol. The number of piperidine rings is 1. The number of aromatic nitrogens is 1. The molecule has 3 heterocycles. The fourth-order valence-electron chi connectivity index (χ4n) is 3.49. The molecule has 1 aromatic heterocycles. The molecule has 1 N–H and O–H groups in total. The first-order valence-corrected chi connectivity index (χ1v) is 7.70. The van der Waals surface area contributed by atoms with Gasteiger partial charge in [-0.2, -0.15) is 0 Å². The molecule has 3 rings (SSSR count). The third-order valence-electron chi connectivity index (χ3n) is 4.68. The molecule has 0 aliphatic carbocycles. The van der Waals surface area contributed by atoms with Gasteiger partial charge in [0.2, 0.25) is 0 Å². The van der Waals surface area contributed by atoms with Crippen molar-refractivity contribution in [3.05, 3.63) is 30.1 Å². The largest absolute Gasteiger partial charge is 0.377 e. The number of nitrogens with one attached hydrogen (secondary N) is 1. The molecule has 2 saturated heterocycles. The molecule has 4 nitrogen and oxygen atoms in total. The summed E-state index contributed by atoms with van der Waals surface area (Å²) < 4.78 is 11.9. The van der Waals surface area contributed by atoms with E-state index in [9.17, 15) is 0 Å². The van der Waals surface area contributed by atoms with Crippen LogP contribution in [0.5, 0.6) is 0 Å². The number of hydrogen-bond acceptors (Lipinski definition) is 4. The van der Waals surface area contributed by atoms with E-state index in [1.807, 2.05) is 24.5 Å². The van der Waals surface area contributed by atoms with Gasteiger partial charge in [-0.15, -0.1) is 0 Å². The van der Waals surface area contributed by atoms with Crippen LogP contribution in [0.1, 0.15) is 31.2 Å². The van der Waals surface area contributed by atoms with E-state index in [2.05, 4.69) is 10.3 Å². The first-order chi connectivity index (χ1) is 9.89. The lowest BCUT2D eigenvalue weighted by Crippen LogP contribution is -2.46. The van der Waals surface area contributed by atoms with E-state index in [0.29, 0.717) is 12.5 Å². The van der Waals surface area contributed by atoms with E-state index in [4.69, 9.17) is 9.47 Å². The molecular weight excluding hydrogens is 252 g/mol. The molecule has 0 aromatic carbocycles. The molecule has 2 aliphatic heterocycles. The molecule has 0 radical (unpaired) electrons. The molecule has 0 saturated carbocycles. The molecule has 0 bridgehead atoms. The van der Waals surface area contributed by atoms with Crippen molar-refractivity contribution in [3.8, 4) is 0 Å². The van der Waals surface area contributed by atoms with Crippen LogP contribution >= 0.6 is 0 Å². The predicted molar refractivity (Wildman–Crippen MR) is 77.4 cm³/mol. The molecule has 4 heteroatoms. The Labute approximate surface area is 120 Å². The summed E-state index contributed by atoms with van der Waals surface area (Å²) in [5, 5.41) is 3.43. The van der Waals surface area contributed by atoms with E-state index in [0.717, 1.165) is 45.6 Å². The summed E-state index contributed by atoms with van der Waals surface area (Å²) in [5.41, 5.74) is 1.34. The number of nitrogens with zero attached hydrogens (tertiary/aromatic N) is 1. The van der Waals surface area contributed by atoms with E-state index in [-0.39, 0.29) is 5.60 Å². The van der Waals surface area contributed by atoms with E-state index < -0.39 is 0 Å². The lowest BCUT2D eigenvalue weighted by Gasteiger charge is -2.38. The zero-order valence-corrected chi connectivity index (χ0v) is 12.0. The van der Waals surface area contributed by atoms with Crippen LogP contribution in [-0.2, 0) is 16.1 Å². The van der Waals surface area contributed by atoms with Crippen molar-refractivity contribution in [3.63, 3.8) is 0 Å². The van der Waals surface area contributed by atoms with Crippen molar-refractivity contribution >= 4 is 0 Å². The average Bonchev–Trinajstić information content (AvgIpc) is 2.88. The fourth-order valence-corrected chi connectivity index (χ4v) is 3.49. The maximum absolute atomic E-state index is 6.11. The summed E-state index contributed by atoms with van der Waals surface area (Å²) in [4.78, 5) is 4.02. The van der Waals surface area contributed by atoms with E-state index in [1.165, 1.54) is 12.0 Å². The van der Waals surface area contributed by atoms with E-state index in [1.54, 1.807) is 0 Å². The van der Waals surface area contributed by atoms with Gasteiger partial charge < -0.3 is 14.8 Å². The highest BCUT2D eigenvalue weighted by Crippen LogP contribution is 2.40. The Morgan fingerprint density at radius 2 is 2.10 bits per heavy atom. The normalized spacial score (nSPS) is 25.1. The van der Waals surface area contributed by atoms with Crippen molar-refractivity contribution in [2.75, 3.05) is 26.3 Å². The zero-order valence-electron chi connectivity index (χ0n) is 12.0. The summed E-state index contributed by atoms with van der Waals surface area (Å²) >= 11 is 0. The lowest BCUT2D eigenvalue weighted by molar-refractivity contribution is -0.0515. The van der Waals surface area contributed by atoms with Gasteiger partial charge in [0.25, 0.3) is 0 Å². The van der Waals surface area contributed by atoms with Crippen molar-refractivity contribution in [1.29, 1.82) is 0 Å². The van der Waals surface area contributed by atoms with Crippen molar-refractivity contribution in [2.45, 2.75) is 37.9 Å². The van der Waals surface area contributed by atoms with Crippen LogP contribution in [-0.4, -0.2) is 36.9 Å². The van der Waals surface area contributed by atoms with Crippen LogP contribution in [0, 0.1) is 5.92 Å². The van der Waals surface area contributed by atoms with Gasteiger partial charge in [0, 0.05) is 25.6 Å². The Morgan fingerprint density at radius 3 is 2.90 bits per heavy atom. The maximum atomic E-state index is 6.11. The number of pyridine rings is 1. The zero-order chi connectivity index (χ0) is 13.7. The molecule has 0 amide bonds. The lowest BCUT2D eigenvalue weighted by atomic mass is 9.78. The molecule has 1 spiro atoms. The van der Waals surface area contributed by atoms with Crippen LogP contribution in [0.2, 0.25) is 0 Å². The summed E-state index contributed by atoms with van der Waals surface area (Å²) in [6.07, 6.45) is 8.24. The predicted octanol–water partition coefficient (Wildman–Crippen LogP) is 2.15. The molecule has 110 valence electrons. The number of hydrogen-bond donors (Lipinski definition) is 1. The second-order valence-corrected chi connectivity index (χ2v) is 5.85. The fraction of sp³-hybridized carbons (Fsp3) is 0.688. The number of rotatable bonds is 5. The molecular formula is C16H24N2O2. The quantitative estimate of drug-likeness (QED) is 0.837. The summed E-state index contributed by atoms with van der Waals surface area (Å²) in [6.45, 7) is 4.62. The van der Waals surface area contributed by atoms with Gasteiger partial charge in [0.1, 0.15) is 0 Å². The van der Waals surface area contributed by atoms with Gasteiger partial charge in [-0.3, -0.25) is 4.98 Å². The summed E-state index contributed by atoms with van der Waals surface area (Å²) in [6, 6.07) is 4.01. The Morgan fingerprint density at radius 1 is 1.30 bits per heavy atom. The van der Waals surface area contributed by atoms with Gasteiger partial charge in [0.15, 0.2) is 0 Å². The van der Waals surface area contributed by atoms with Gasteiger partial charge in [-0.25, -0.2) is 0 Å². The van der Waals surface area contributed by atoms with Gasteiger partial charge in [-0.1, -0.05) is 0 Å². The highest BCUT2D eigenvalue weighted by molar-refractivity contribution is 5.07. The van der Waals surface area contributed by atoms with Crippen molar-refractivity contribution < 1.29 is 9.47 Å². The van der Waals surface area contributed by atoms with Crippen LogP contribution in [0.25, 0.3) is 0 Å². The minimum Gasteiger partial charge on any atom is -0.377 e. The van der Waals surface area contributed by atoms with Crippen molar-refractivity contribution in [1.82, 2.24) is 10.3 Å². The first kappa shape index (κ1) is 14.0. The van der Waals surface area contributed by atoms with Crippen LogP contribution < -0.4 is 5.32 Å². The van der Waals surface area contributed by atoms with Gasteiger partial charge in [-0.05, 0) is 62.4 Å². The smallest absolute Gasteiger partial charge is 0.0736 e. The Kier molecular flexibility index (Phi) is 4.65. The Hall–Kier alpha value is -0.970. The molecule has 2 fully saturated rings. The third kappa shape index (κ3) is 3.19.